The minimum absolute atomic E-state index is 0.0109. The fourth-order valence-electron chi connectivity index (χ4n) is 2.80. The lowest BCUT2D eigenvalue weighted by molar-refractivity contribution is -0.141. The van der Waals surface area contributed by atoms with E-state index in [0.717, 1.165) is 16.7 Å². The van der Waals surface area contributed by atoms with Crippen molar-refractivity contribution in [1.29, 1.82) is 0 Å². The van der Waals surface area contributed by atoms with Gasteiger partial charge in [-0.3, -0.25) is 4.79 Å². The van der Waals surface area contributed by atoms with Gasteiger partial charge in [-0.15, -0.1) is 0 Å². The van der Waals surface area contributed by atoms with Crippen molar-refractivity contribution >= 4 is 5.78 Å². The summed E-state index contributed by atoms with van der Waals surface area (Å²) in [5, 5.41) is 0. The predicted molar refractivity (Wildman–Crippen MR) is 112 cm³/mol. The highest BCUT2D eigenvalue weighted by Crippen LogP contribution is 2.08. The Morgan fingerprint density at radius 1 is 0.621 bits per heavy atom. The molecule has 4 nitrogen and oxygen atoms in total. The van der Waals surface area contributed by atoms with Gasteiger partial charge in [-0.2, -0.15) is 0 Å². The second kappa shape index (κ2) is 11.9. The average Bonchev–Trinajstić information content (AvgIpc) is 2.78. The maximum absolute atomic E-state index is 12.7. The molecule has 0 fully saturated rings. The zero-order valence-electron chi connectivity index (χ0n) is 16.4. The van der Waals surface area contributed by atoms with Gasteiger partial charge in [0.1, 0.15) is 12.7 Å². The topological polar surface area (TPSA) is 44.8 Å². The normalized spacial score (nSPS) is 11.9. The molecule has 0 saturated heterocycles. The molecule has 0 heterocycles. The maximum Gasteiger partial charge on any atom is 0.189 e. The third kappa shape index (κ3) is 7.62. The Kier molecular flexibility index (Phi) is 8.60. The van der Waals surface area contributed by atoms with Gasteiger partial charge < -0.3 is 14.2 Å². The number of ketones is 1. The predicted octanol–water partition coefficient (Wildman–Crippen LogP) is 4.57. The molecule has 0 aliphatic rings. The largest absolute Gasteiger partial charge is 0.374 e. The van der Waals surface area contributed by atoms with Crippen LogP contribution in [0.2, 0.25) is 0 Å². The van der Waals surface area contributed by atoms with Gasteiger partial charge in [-0.1, -0.05) is 91.0 Å². The Hall–Kier alpha value is -2.79. The summed E-state index contributed by atoms with van der Waals surface area (Å²) >= 11 is 0. The summed E-state index contributed by atoms with van der Waals surface area (Å²) in [5.41, 5.74) is 3.10. The van der Waals surface area contributed by atoms with Crippen LogP contribution in [0.1, 0.15) is 16.7 Å². The van der Waals surface area contributed by atoms with E-state index in [4.69, 9.17) is 14.2 Å². The lowest BCUT2D eigenvalue weighted by Gasteiger charge is -2.17. The highest BCUT2D eigenvalue weighted by Gasteiger charge is 2.20. The number of rotatable bonds is 12. The number of carbonyl (C=O) groups excluding carboxylic acids is 1. The van der Waals surface area contributed by atoms with Crippen LogP contribution in [0.15, 0.2) is 91.0 Å². The van der Waals surface area contributed by atoms with Gasteiger partial charge in [-0.05, 0) is 16.7 Å². The molecule has 0 bridgehead atoms. The summed E-state index contributed by atoms with van der Waals surface area (Å²) in [5.74, 6) is -0.120. The Morgan fingerprint density at radius 3 is 1.59 bits per heavy atom. The quantitative estimate of drug-likeness (QED) is 0.454. The molecule has 0 aliphatic carbocycles. The number of Topliss-reactive ketones (excluding diaryl/α,β-unsaturated/α-hetero) is 1. The van der Waals surface area contributed by atoms with E-state index in [1.807, 2.05) is 91.0 Å². The van der Waals surface area contributed by atoms with Crippen LogP contribution in [0.5, 0.6) is 0 Å². The molecule has 0 saturated carbocycles. The van der Waals surface area contributed by atoms with Crippen molar-refractivity contribution in [2.75, 3.05) is 13.2 Å². The van der Waals surface area contributed by atoms with Crippen LogP contribution in [-0.2, 0) is 38.8 Å². The summed E-state index contributed by atoms with van der Waals surface area (Å²) in [4.78, 5) is 12.7. The molecule has 0 spiro atoms. The van der Waals surface area contributed by atoms with Crippen LogP contribution in [0.25, 0.3) is 0 Å². The molecule has 0 unspecified atom stereocenters. The molecule has 1 atom stereocenters. The van der Waals surface area contributed by atoms with E-state index in [-0.39, 0.29) is 19.0 Å². The first-order chi connectivity index (χ1) is 14.3. The Morgan fingerprint density at radius 2 is 1.07 bits per heavy atom. The Bertz CT molecular complexity index is 834. The van der Waals surface area contributed by atoms with Gasteiger partial charge in [0.05, 0.1) is 26.4 Å². The van der Waals surface area contributed by atoms with Gasteiger partial charge >= 0.3 is 0 Å². The van der Waals surface area contributed by atoms with Crippen molar-refractivity contribution in [1.82, 2.24) is 0 Å². The van der Waals surface area contributed by atoms with Crippen molar-refractivity contribution in [3.63, 3.8) is 0 Å². The molecular formula is C25H26O4. The standard InChI is InChI=1S/C25H26O4/c26-24(19-27-16-21-10-4-1-5-11-21)25(29-18-23-14-8-3-9-15-23)20-28-17-22-12-6-2-7-13-22/h1-15,25H,16-20H2/t25-/m0/s1. The number of hydrogen-bond donors (Lipinski definition) is 0. The highest BCUT2D eigenvalue weighted by atomic mass is 16.5. The first-order valence-corrected chi connectivity index (χ1v) is 9.73. The van der Waals surface area contributed by atoms with Gasteiger partial charge in [0.15, 0.2) is 5.78 Å². The molecule has 0 aromatic heterocycles. The Balaban J connectivity index is 1.51. The minimum Gasteiger partial charge on any atom is -0.374 e. The van der Waals surface area contributed by atoms with Gasteiger partial charge in [-0.25, -0.2) is 0 Å². The van der Waals surface area contributed by atoms with Gasteiger partial charge in [0.25, 0.3) is 0 Å². The van der Waals surface area contributed by atoms with Crippen molar-refractivity contribution in [2.45, 2.75) is 25.9 Å². The van der Waals surface area contributed by atoms with Crippen LogP contribution in [0.3, 0.4) is 0 Å². The molecule has 3 rings (SSSR count). The highest BCUT2D eigenvalue weighted by molar-refractivity contribution is 5.84. The lowest BCUT2D eigenvalue weighted by atomic mass is 10.2. The zero-order valence-corrected chi connectivity index (χ0v) is 16.4. The molecule has 3 aromatic carbocycles. The number of ether oxygens (including phenoxy) is 3. The van der Waals surface area contributed by atoms with E-state index in [0.29, 0.717) is 19.8 Å². The monoisotopic (exact) mass is 390 g/mol. The van der Waals surface area contributed by atoms with Crippen LogP contribution in [0.4, 0.5) is 0 Å². The number of benzene rings is 3. The number of hydrogen-bond acceptors (Lipinski definition) is 4. The third-order valence-electron chi connectivity index (χ3n) is 4.39. The lowest BCUT2D eigenvalue weighted by Crippen LogP contribution is -2.32. The van der Waals surface area contributed by atoms with E-state index in [2.05, 4.69) is 0 Å². The average molecular weight is 390 g/mol. The minimum atomic E-state index is -0.672. The Labute approximate surface area is 172 Å². The third-order valence-corrected chi connectivity index (χ3v) is 4.39. The summed E-state index contributed by atoms with van der Waals surface area (Å²) in [6.07, 6.45) is -0.672. The van der Waals surface area contributed by atoms with Crippen molar-refractivity contribution < 1.29 is 19.0 Å². The van der Waals surface area contributed by atoms with E-state index >= 15 is 0 Å². The van der Waals surface area contributed by atoms with E-state index in [1.54, 1.807) is 0 Å². The molecule has 0 aliphatic heterocycles. The van der Waals surface area contributed by atoms with Crippen molar-refractivity contribution in [3.05, 3.63) is 108 Å². The maximum atomic E-state index is 12.7. The van der Waals surface area contributed by atoms with Gasteiger partial charge in [0.2, 0.25) is 0 Å². The summed E-state index contributed by atoms with van der Waals surface area (Å²) in [7, 11) is 0. The van der Waals surface area contributed by atoms with Crippen LogP contribution in [-0.4, -0.2) is 25.1 Å². The number of carbonyl (C=O) groups is 1. The smallest absolute Gasteiger partial charge is 0.189 e. The zero-order chi connectivity index (χ0) is 20.2. The summed E-state index contributed by atoms with van der Waals surface area (Å²) in [6, 6.07) is 29.4. The molecule has 0 radical (unpaired) electrons. The summed E-state index contributed by atoms with van der Waals surface area (Å²) < 4.78 is 17.2. The fourth-order valence-corrected chi connectivity index (χ4v) is 2.80. The van der Waals surface area contributed by atoms with E-state index in [9.17, 15) is 4.79 Å². The first-order valence-electron chi connectivity index (χ1n) is 9.73. The molecule has 29 heavy (non-hydrogen) atoms. The fraction of sp³-hybridized carbons (Fsp3) is 0.240. The summed E-state index contributed by atoms with van der Waals surface area (Å²) in [6.45, 7) is 1.36. The van der Waals surface area contributed by atoms with Crippen LogP contribution in [0, 0.1) is 0 Å². The molecule has 3 aromatic rings. The molecule has 150 valence electrons. The molecule has 4 heteroatoms. The van der Waals surface area contributed by atoms with Crippen LogP contribution < -0.4 is 0 Å². The van der Waals surface area contributed by atoms with Crippen molar-refractivity contribution in [3.8, 4) is 0 Å². The second-order valence-electron chi connectivity index (χ2n) is 6.73. The van der Waals surface area contributed by atoms with E-state index < -0.39 is 6.10 Å². The SMILES string of the molecule is O=C(COCc1ccccc1)[C@H](COCc1ccccc1)OCc1ccccc1. The second-order valence-corrected chi connectivity index (χ2v) is 6.73. The molecular weight excluding hydrogens is 364 g/mol. The van der Waals surface area contributed by atoms with E-state index in [1.165, 1.54) is 0 Å². The van der Waals surface area contributed by atoms with Crippen LogP contribution >= 0.6 is 0 Å². The molecule has 0 amide bonds. The molecule has 0 N–H and O–H groups in total. The first kappa shape index (κ1) is 20.9. The van der Waals surface area contributed by atoms with Gasteiger partial charge in [0, 0.05) is 0 Å². The van der Waals surface area contributed by atoms with Crippen molar-refractivity contribution in [2.24, 2.45) is 0 Å².